The van der Waals surface area contributed by atoms with Crippen molar-refractivity contribution in [2.24, 2.45) is 0 Å². The van der Waals surface area contributed by atoms with Crippen LogP contribution < -0.4 is 9.47 Å². The number of carboxylic acids is 1. The Morgan fingerprint density at radius 2 is 2.05 bits per heavy atom. The molecule has 1 rings (SSSR count). The first-order valence-corrected chi connectivity index (χ1v) is 6.97. The van der Waals surface area contributed by atoms with Gasteiger partial charge in [0, 0.05) is 6.54 Å². The third-order valence-corrected chi connectivity index (χ3v) is 3.20. The standard InChI is InChI=1S/C15H23NO5/c1-4-16(8-9-17)14(15(18)19)11-6-7-12(20-3)13(10-11)21-5-2/h6-7,10,14,17H,4-5,8-9H2,1-3H3,(H,18,19). The first kappa shape index (κ1) is 17.3. The number of aliphatic carboxylic acids is 1. The molecule has 1 aromatic rings. The van der Waals surface area contributed by atoms with Gasteiger partial charge in [0.05, 0.1) is 20.3 Å². The Morgan fingerprint density at radius 3 is 2.52 bits per heavy atom. The summed E-state index contributed by atoms with van der Waals surface area (Å²) in [6.45, 7) is 4.90. The monoisotopic (exact) mass is 297 g/mol. The molecule has 0 aliphatic heterocycles. The van der Waals surface area contributed by atoms with Crippen molar-refractivity contribution in [3.05, 3.63) is 23.8 Å². The van der Waals surface area contributed by atoms with Crippen molar-refractivity contribution >= 4 is 5.97 Å². The number of ether oxygens (including phenoxy) is 2. The Morgan fingerprint density at radius 1 is 1.33 bits per heavy atom. The van der Waals surface area contributed by atoms with Gasteiger partial charge in [0.25, 0.3) is 0 Å². The molecule has 1 atom stereocenters. The molecular formula is C15H23NO5. The van der Waals surface area contributed by atoms with Crippen LogP contribution in [0, 0.1) is 0 Å². The molecule has 0 aliphatic rings. The van der Waals surface area contributed by atoms with E-state index in [1.165, 1.54) is 7.11 Å². The summed E-state index contributed by atoms with van der Waals surface area (Å²) < 4.78 is 10.7. The maximum atomic E-state index is 11.6. The third kappa shape index (κ3) is 4.34. The Hall–Kier alpha value is -1.79. The average Bonchev–Trinajstić information content (AvgIpc) is 2.47. The summed E-state index contributed by atoms with van der Waals surface area (Å²) in [5, 5.41) is 18.6. The highest BCUT2D eigenvalue weighted by Gasteiger charge is 2.27. The predicted molar refractivity (Wildman–Crippen MR) is 78.9 cm³/mol. The van der Waals surface area contributed by atoms with Gasteiger partial charge >= 0.3 is 5.97 Å². The van der Waals surface area contributed by atoms with E-state index in [0.717, 1.165) is 0 Å². The molecule has 0 fully saturated rings. The average molecular weight is 297 g/mol. The fraction of sp³-hybridized carbons (Fsp3) is 0.533. The largest absolute Gasteiger partial charge is 0.493 e. The Bertz CT molecular complexity index is 463. The van der Waals surface area contributed by atoms with Crippen LogP contribution in [-0.2, 0) is 4.79 Å². The van der Waals surface area contributed by atoms with Crippen LogP contribution in [0.5, 0.6) is 11.5 Å². The van der Waals surface area contributed by atoms with E-state index in [1.54, 1.807) is 23.1 Å². The van der Waals surface area contributed by atoms with Crippen LogP contribution in [0.3, 0.4) is 0 Å². The lowest BCUT2D eigenvalue weighted by Gasteiger charge is -2.27. The number of nitrogens with zero attached hydrogens (tertiary/aromatic N) is 1. The molecule has 21 heavy (non-hydrogen) atoms. The van der Waals surface area contributed by atoms with Crippen LogP contribution in [0.25, 0.3) is 0 Å². The number of methoxy groups -OCH3 is 1. The van der Waals surface area contributed by atoms with Crippen LogP contribution in [-0.4, -0.2) is 54.5 Å². The molecule has 0 heterocycles. The lowest BCUT2D eigenvalue weighted by molar-refractivity contribution is -0.143. The number of likely N-dealkylation sites (N-methyl/N-ethyl adjacent to an activating group) is 1. The van der Waals surface area contributed by atoms with Crippen LogP contribution in [0.1, 0.15) is 25.5 Å². The van der Waals surface area contributed by atoms with E-state index in [-0.39, 0.29) is 6.61 Å². The van der Waals surface area contributed by atoms with E-state index in [0.29, 0.717) is 36.8 Å². The molecule has 2 N–H and O–H groups in total. The summed E-state index contributed by atoms with van der Waals surface area (Å²) in [7, 11) is 1.54. The molecule has 0 aromatic heterocycles. The number of aliphatic hydroxyl groups is 1. The number of hydrogen-bond donors (Lipinski definition) is 2. The third-order valence-electron chi connectivity index (χ3n) is 3.20. The zero-order valence-corrected chi connectivity index (χ0v) is 12.7. The zero-order valence-electron chi connectivity index (χ0n) is 12.7. The van der Waals surface area contributed by atoms with E-state index >= 15 is 0 Å². The van der Waals surface area contributed by atoms with Crippen molar-refractivity contribution in [2.45, 2.75) is 19.9 Å². The van der Waals surface area contributed by atoms with Gasteiger partial charge < -0.3 is 19.7 Å². The number of rotatable bonds is 9. The summed E-state index contributed by atoms with van der Waals surface area (Å²) >= 11 is 0. The lowest BCUT2D eigenvalue weighted by atomic mass is 10.0. The first-order chi connectivity index (χ1) is 10.1. The van der Waals surface area contributed by atoms with E-state index < -0.39 is 12.0 Å². The molecule has 1 unspecified atom stereocenters. The van der Waals surface area contributed by atoms with Crippen molar-refractivity contribution in [3.63, 3.8) is 0 Å². The zero-order chi connectivity index (χ0) is 15.8. The normalized spacial score (nSPS) is 12.2. The fourth-order valence-corrected chi connectivity index (χ4v) is 2.24. The summed E-state index contributed by atoms with van der Waals surface area (Å²) in [6, 6.07) is 4.26. The van der Waals surface area contributed by atoms with E-state index in [9.17, 15) is 9.90 Å². The van der Waals surface area contributed by atoms with Crippen molar-refractivity contribution in [1.29, 1.82) is 0 Å². The minimum atomic E-state index is -0.960. The van der Waals surface area contributed by atoms with Gasteiger partial charge in [-0.05, 0) is 31.2 Å². The van der Waals surface area contributed by atoms with Crippen LogP contribution >= 0.6 is 0 Å². The summed E-state index contributed by atoms with van der Waals surface area (Å²) in [6.07, 6.45) is 0. The Kier molecular flexibility index (Phi) is 6.98. The molecule has 0 radical (unpaired) electrons. The minimum Gasteiger partial charge on any atom is -0.493 e. The van der Waals surface area contributed by atoms with Gasteiger partial charge in [-0.15, -0.1) is 0 Å². The second-order valence-corrected chi connectivity index (χ2v) is 4.44. The predicted octanol–water partition coefficient (Wildman–Crippen LogP) is 1.53. The van der Waals surface area contributed by atoms with Crippen molar-refractivity contribution in [3.8, 4) is 11.5 Å². The second-order valence-electron chi connectivity index (χ2n) is 4.44. The number of carboxylic acid groups (broad SMARTS) is 1. The van der Waals surface area contributed by atoms with Gasteiger partial charge in [-0.25, -0.2) is 0 Å². The smallest absolute Gasteiger partial charge is 0.325 e. The first-order valence-electron chi connectivity index (χ1n) is 6.97. The maximum absolute atomic E-state index is 11.6. The fourth-order valence-electron chi connectivity index (χ4n) is 2.24. The Balaban J connectivity index is 3.18. The molecule has 1 aromatic carbocycles. The van der Waals surface area contributed by atoms with Gasteiger partial charge in [-0.3, -0.25) is 9.69 Å². The second kappa shape index (κ2) is 8.49. The van der Waals surface area contributed by atoms with E-state index in [4.69, 9.17) is 14.6 Å². The summed E-state index contributed by atoms with van der Waals surface area (Å²) in [5.41, 5.74) is 0.599. The topological polar surface area (TPSA) is 79.2 Å². The molecule has 0 saturated carbocycles. The van der Waals surface area contributed by atoms with Crippen molar-refractivity contribution in [2.75, 3.05) is 33.4 Å². The van der Waals surface area contributed by atoms with Gasteiger partial charge in [0.1, 0.15) is 6.04 Å². The van der Waals surface area contributed by atoms with Crippen LogP contribution in [0.15, 0.2) is 18.2 Å². The van der Waals surface area contributed by atoms with Crippen molar-refractivity contribution in [1.82, 2.24) is 4.90 Å². The van der Waals surface area contributed by atoms with Gasteiger partial charge in [0.15, 0.2) is 11.5 Å². The number of hydrogen-bond acceptors (Lipinski definition) is 5. The SMILES string of the molecule is CCOc1cc(C(C(=O)O)N(CC)CCO)ccc1OC. The molecule has 0 saturated heterocycles. The molecule has 6 nitrogen and oxygen atoms in total. The van der Waals surface area contributed by atoms with Gasteiger partial charge in [0.2, 0.25) is 0 Å². The Labute approximate surface area is 124 Å². The molecule has 0 amide bonds. The van der Waals surface area contributed by atoms with Crippen LogP contribution in [0.2, 0.25) is 0 Å². The van der Waals surface area contributed by atoms with E-state index in [2.05, 4.69) is 0 Å². The highest BCUT2D eigenvalue weighted by atomic mass is 16.5. The summed E-state index contributed by atoms with van der Waals surface area (Å²) in [5.74, 6) is 0.122. The molecule has 0 aliphatic carbocycles. The highest BCUT2D eigenvalue weighted by Crippen LogP contribution is 2.32. The van der Waals surface area contributed by atoms with Crippen molar-refractivity contribution < 1.29 is 24.5 Å². The summed E-state index contributed by atoms with van der Waals surface area (Å²) in [4.78, 5) is 13.3. The molecule has 6 heteroatoms. The lowest BCUT2D eigenvalue weighted by Crippen LogP contribution is -2.36. The molecular weight excluding hydrogens is 274 g/mol. The molecule has 118 valence electrons. The van der Waals surface area contributed by atoms with Crippen LogP contribution in [0.4, 0.5) is 0 Å². The number of aliphatic hydroxyl groups excluding tert-OH is 1. The molecule has 0 bridgehead atoms. The quantitative estimate of drug-likeness (QED) is 0.719. The number of benzene rings is 1. The number of carbonyl (C=O) groups is 1. The molecule has 0 spiro atoms. The maximum Gasteiger partial charge on any atom is 0.325 e. The van der Waals surface area contributed by atoms with Gasteiger partial charge in [-0.1, -0.05) is 13.0 Å². The highest BCUT2D eigenvalue weighted by molar-refractivity contribution is 5.76. The van der Waals surface area contributed by atoms with E-state index in [1.807, 2.05) is 13.8 Å². The minimum absolute atomic E-state index is 0.0912. The van der Waals surface area contributed by atoms with Gasteiger partial charge in [-0.2, -0.15) is 0 Å².